The van der Waals surface area contributed by atoms with E-state index in [9.17, 15) is 14.4 Å². The van der Waals surface area contributed by atoms with E-state index in [2.05, 4.69) is 5.32 Å². The number of fused-ring (bicyclic) bond motifs is 2. The number of amides is 1. The molecule has 1 amide bonds. The monoisotopic (exact) mass is 468 g/mol. The molecule has 1 heterocycles. The van der Waals surface area contributed by atoms with Crippen molar-refractivity contribution < 1.29 is 14.3 Å². The van der Waals surface area contributed by atoms with E-state index in [0.717, 1.165) is 0 Å². The predicted octanol–water partition coefficient (Wildman–Crippen LogP) is 5.03. The van der Waals surface area contributed by atoms with Crippen LogP contribution in [0.2, 0.25) is 10.0 Å². The molecule has 0 saturated heterocycles. The average Bonchev–Trinajstić information content (AvgIpc) is 2.78. The number of hydrogen-bond donors (Lipinski definition) is 1. The Labute approximate surface area is 193 Å². The van der Waals surface area contributed by atoms with Gasteiger partial charge in [0, 0.05) is 15.8 Å². The van der Waals surface area contributed by atoms with Gasteiger partial charge in [0.05, 0.1) is 21.7 Å². The molecule has 0 fully saturated rings. The Hall–Kier alpha value is -3.35. The molecule has 0 aliphatic rings. The fourth-order valence-electron chi connectivity index (χ4n) is 3.49. The minimum absolute atomic E-state index is 0.103. The van der Waals surface area contributed by atoms with Crippen molar-refractivity contribution in [2.24, 2.45) is 0 Å². The molecule has 162 valence electrons. The zero-order chi connectivity index (χ0) is 22.8. The van der Waals surface area contributed by atoms with Crippen molar-refractivity contribution in [1.82, 2.24) is 4.57 Å². The lowest BCUT2D eigenvalue weighted by Crippen LogP contribution is -2.31. The van der Waals surface area contributed by atoms with Crippen LogP contribution < -0.4 is 10.7 Å². The van der Waals surface area contributed by atoms with E-state index < -0.39 is 18.0 Å². The van der Waals surface area contributed by atoms with Gasteiger partial charge in [0.25, 0.3) is 5.91 Å². The van der Waals surface area contributed by atoms with E-state index in [1.807, 2.05) is 0 Å². The molecule has 4 rings (SSSR count). The number of para-hydroxylation sites is 2. The number of carbonyl (C=O) groups excluding carboxylic acids is 2. The van der Waals surface area contributed by atoms with Gasteiger partial charge in [-0.3, -0.25) is 14.4 Å². The van der Waals surface area contributed by atoms with Gasteiger partial charge in [-0.1, -0.05) is 47.5 Å². The molecule has 0 spiro atoms. The van der Waals surface area contributed by atoms with E-state index >= 15 is 0 Å². The number of pyridine rings is 1. The van der Waals surface area contributed by atoms with E-state index in [-0.39, 0.29) is 17.0 Å². The van der Waals surface area contributed by atoms with Crippen LogP contribution in [0, 0.1) is 0 Å². The van der Waals surface area contributed by atoms with Gasteiger partial charge in [0.1, 0.15) is 6.54 Å². The van der Waals surface area contributed by atoms with Crippen molar-refractivity contribution >= 4 is 62.6 Å². The van der Waals surface area contributed by atoms with Crippen LogP contribution in [0.15, 0.2) is 71.5 Å². The number of hydrogen-bond acceptors (Lipinski definition) is 4. The number of ether oxygens (including phenoxy) is 1. The molecular weight excluding hydrogens is 451 g/mol. The molecule has 0 aliphatic heterocycles. The molecule has 1 atom stereocenters. The maximum Gasteiger partial charge on any atom is 0.326 e. The lowest BCUT2D eigenvalue weighted by Gasteiger charge is -2.17. The van der Waals surface area contributed by atoms with E-state index in [1.165, 1.54) is 13.0 Å². The molecular formula is C24H18Cl2N2O4. The highest BCUT2D eigenvalue weighted by Crippen LogP contribution is 2.25. The summed E-state index contributed by atoms with van der Waals surface area (Å²) in [5, 5.41) is 4.33. The fourth-order valence-corrected chi connectivity index (χ4v) is 3.95. The van der Waals surface area contributed by atoms with Crippen molar-refractivity contribution in [2.45, 2.75) is 19.6 Å². The molecule has 1 N–H and O–H groups in total. The number of aromatic nitrogens is 1. The first-order chi connectivity index (χ1) is 15.3. The SMILES string of the molecule is C[C@H](OC(=O)Cn1c2ccccc2c(=O)c2ccccc21)C(=O)Nc1ccc(Cl)cc1Cl. The summed E-state index contributed by atoms with van der Waals surface area (Å²) in [7, 11) is 0. The predicted molar refractivity (Wildman–Crippen MR) is 126 cm³/mol. The second-order valence-electron chi connectivity index (χ2n) is 7.20. The average molecular weight is 469 g/mol. The van der Waals surface area contributed by atoms with E-state index in [1.54, 1.807) is 65.2 Å². The molecule has 32 heavy (non-hydrogen) atoms. The van der Waals surface area contributed by atoms with Gasteiger partial charge >= 0.3 is 5.97 Å². The van der Waals surface area contributed by atoms with Crippen LogP contribution in [0.1, 0.15) is 6.92 Å². The Morgan fingerprint density at radius 1 is 0.969 bits per heavy atom. The maximum absolute atomic E-state index is 12.8. The molecule has 0 radical (unpaired) electrons. The Morgan fingerprint density at radius 3 is 2.16 bits per heavy atom. The first-order valence-electron chi connectivity index (χ1n) is 9.81. The molecule has 6 nitrogen and oxygen atoms in total. The molecule has 4 aromatic rings. The summed E-state index contributed by atoms with van der Waals surface area (Å²) >= 11 is 11.9. The lowest BCUT2D eigenvalue weighted by molar-refractivity contribution is -0.153. The Morgan fingerprint density at radius 2 is 1.56 bits per heavy atom. The highest BCUT2D eigenvalue weighted by atomic mass is 35.5. The first-order valence-corrected chi connectivity index (χ1v) is 10.6. The van der Waals surface area contributed by atoms with E-state index in [4.69, 9.17) is 27.9 Å². The highest BCUT2D eigenvalue weighted by molar-refractivity contribution is 6.36. The Bertz CT molecular complexity index is 1350. The van der Waals surface area contributed by atoms with Crippen LogP contribution >= 0.6 is 23.2 Å². The minimum Gasteiger partial charge on any atom is -0.451 e. The van der Waals surface area contributed by atoms with Crippen molar-refractivity contribution in [3.63, 3.8) is 0 Å². The summed E-state index contributed by atoms with van der Waals surface area (Å²) in [5.74, 6) is -1.15. The van der Waals surface area contributed by atoms with Gasteiger partial charge in [-0.15, -0.1) is 0 Å². The standard InChI is InChI=1S/C24H18Cl2N2O4/c1-14(24(31)27-19-11-10-15(25)12-18(19)26)32-22(29)13-28-20-8-4-2-6-16(20)23(30)17-7-3-5-9-21(17)28/h2-12,14H,13H2,1H3,(H,27,31)/t14-/m0/s1. The number of anilines is 1. The number of rotatable bonds is 5. The molecule has 8 heteroatoms. The number of halogens is 2. The maximum atomic E-state index is 12.8. The third-order valence-corrected chi connectivity index (χ3v) is 5.58. The molecule has 0 bridgehead atoms. The zero-order valence-electron chi connectivity index (χ0n) is 17.0. The Kier molecular flexibility index (Phi) is 6.17. The van der Waals surface area contributed by atoms with Crippen molar-refractivity contribution in [3.05, 3.63) is 87.0 Å². The van der Waals surface area contributed by atoms with E-state index in [0.29, 0.717) is 32.5 Å². The van der Waals surface area contributed by atoms with Crippen LogP contribution in [-0.2, 0) is 20.9 Å². The van der Waals surface area contributed by atoms with Gasteiger partial charge in [0.15, 0.2) is 11.5 Å². The molecule has 0 unspecified atom stereocenters. The van der Waals surface area contributed by atoms with Crippen molar-refractivity contribution in [1.29, 1.82) is 0 Å². The van der Waals surface area contributed by atoms with Crippen molar-refractivity contribution in [2.75, 3.05) is 5.32 Å². The third-order valence-electron chi connectivity index (χ3n) is 5.03. The van der Waals surface area contributed by atoms with Crippen LogP contribution in [0.3, 0.4) is 0 Å². The first kappa shape index (κ1) is 21.9. The number of esters is 1. The second-order valence-corrected chi connectivity index (χ2v) is 8.04. The van der Waals surface area contributed by atoms with Crippen LogP contribution in [0.25, 0.3) is 21.8 Å². The summed E-state index contributed by atoms with van der Waals surface area (Å²) in [4.78, 5) is 38.0. The normalized spacial score (nSPS) is 12.0. The summed E-state index contributed by atoms with van der Waals surface area (Å²) in [6.45, 7) is 1.30. The summed E-state index contributed by atoms with van der Waals surface area (Å²) in [6, 6.07) is 18.8. The van der Waals surface area contributed by atoms with Crippen LogP contribution in [0.4, 0.5) is 5.69 Å². The van der Waals surface area contributed by atoms with Gasteiger partial charge in [0.2, 0.25) is 0 Å². The van der Waals surface area contributed by atoms with Gasteiger partial charge in [-0.05, 0) is 49.4 Å². The molecule has 0 saturated carbocycles. The Balaban J connectivity index is 1.57. The summed E-state index contributed by atoms with van der Waals surface area (Å²) < 4.78 is 7.08. The van der Waals surface area contributed by atoms with Crippen LogP contribution in [-0.4, -0.2) is 22.5 Å². The molecule has 3 aromatic carbocycles. The number of carbonyl (C=O) groups is 2. The quantitative estimate of drug-likeness (QED) is 0.329. The van der Waals surface area contributed by atoms with Gasteiger partial charge < -0.3 is 14.6 Å². The molecule has 1 aromatic heterocycles. The largest absolute Gasteiger partial charge is 0.451 e. The number of nitrogens with zero attached hydrogens (tertiary/aromatic N) is 1. The topological polar surface area (TPSA) is 77.4 Å². The van der Waals surface area contributed by atoms with Crippen molar-refractivity contribution in [3.8, 4) is 0 Å². The fraction of sp³-hybridized carbons (Fsp3) is 0.125. The van der Waals surface area contributed by atoms with Crippen LogP contribution in [0.5, 0.6) is 0 Å². The second kappa shape index (κ2) is 9.02. The number of nitrogens with one attached hydrogen (secondary N) is 1. The lowest BCUT2D eigenvalue weighted by atomic mass is 10.1. The minimum atomic E-state index is -1.06. The summed E-state index contributed by atoms with van der Waals surface area (Å²) in [6.07, 6.45) is -1.06. The highest BCUT2D eigenvalue weighted by Gasteiger charge is 2.20. The smallest absolute Gasteiger partial charge is 0.326 e. The molecule has 0 aliphatic carbocycles. The number of benzene rings is 3. The van der Waals surface area contributed by atoms with Gasteiger partial charge in [-0.2, -0.15) is 0 Å². The van der Waals surface area contributed by atoms with Gasteiger partial charge in [-0.25, -0.2) is 0 Å². The zero-order valence-corrected chi connectivity index (χ0v) is 18.5. The summed E-state index contributed by atoms with van der Waals surface area (Å²) in [5.41, 5.74) is 1.48. The third kappa shape index (κ3) is 4.33.